The van der Waals surface area contributed by atoms with E-state index >= 15 is 0 Å². The summed E-state index contributed by atoms with van der Waals surface area (Å²) >= 11 is 0. The Morgan fingerprint density at radius 2 is 1.48 bits per heavy atom. The normalized spacial score (nSPS) is 13.3. The monoisotopic (exact) mass is 436 g/mol. The van der Waals surface area contributed by atoms with Gasteiger partial charge in [0.25, 0.3) is 0 Å². The van der Waals surface area contributed by atoms with Crippen LogP contribution in [0.5, 0.6) is 11.5 Å². The van der Waals surface area contributed by atoms with E-state index in [1.807, 2.05) is 62.4 Å². The third kappa shape index (κ3) is 3.71. The van der Waals surface area contributed by atoms with Crippen molar-refractivity contribution in [2.24, 2.45) is 0 Å². The van der Waals surface area contributed by atoms with Gasteiger partial charge in [-0.15, -0.1) is 0 Å². The molecule has 0 atom stereocenters. The number of ether oxygens (including phenoxy) is 1. The zero-order chi connectivity index (χ0) is 22.3. The van der Waals surface area contributed by atoms with E-state index in [1.54, 1.807) is 6.07 Å². The minimum absolute atomic E-state index is 0.142. The Morgan fingerprint density at radius 3 is 2.03 bits per heavy atom. The van der Waals surface area contributed by atoms with E-state index in [0.717, 1.165) is 26.6 Å². The van der Waals surface area contributed by atoms with Crippen LogP contribution in [-0.4, -0.2) is 32.7 Å². The molecular weight excluding hydrogens is 412 g/mol. The van der Waals surface area contributed by atoms with Crippen LogP contribution in [0.4, 0.5) is 5.69 Å². The van der Waals surface area contributed by atoms with Gasteiger partial charge in [-0.25, -0.2) is 12.7 Å². The van der Waals surface area contributed by atoms with Gasteiger partial charge in [-0.05, 0) is 49.2 Å². The van der Waals surface area contributed by atoms with Gasteiger partial charge in [-0.3, -0.25) is 4.79 Å². The van der Waals surface area contributed by atoms with Gasteiger partial charge in [-0.2, -0.15) is 0 Å². The van der Waals surface area contributed by atoms with Gasteiger partial charge < -0.3 is 10.1 Å². The lowest BCUT2D eigenvalue weighted by molar-refractivity contribution is -0.116. The van der Waals surface area contributed by atoms with Crippen LogP contribution in [0.15, 0.2) is 65.6 Å². The Labute approximate surface area is 182 Å². The highest BCUT2D eigenvalue weighted by Crippen LogP contribution is 2.44. The topological polar surface area (TPSA) is 75.7 Å². The second-order valence-corrected chi connectivity index (χ2v) is 9.95. The fraction of sp³-hybridized carbons (Fsp3) is 0.208. The van der Waals surface area contributed by atoms with Gasteiger partial charge in [0, 0.05) is 30.9 Å². The number of nitrogens with one attached hydrogen (secondary N) is 1. The molecule has 0 saturated carbocycles. The number of amides is 1. The first-order valence-electron chi connectivity index (χ1n) is 9.90. The summed E-state index contributed by atoms with van der Waals surface area (Å²) in [5.74, 6) is 0.455. The molecule has 3 aromatic rings. The molecule has 1 heterocycles. The Hall–Kier alpha value is -3.16. The molecule has 0 spiro atoms. The summed E-state index contributed by atoms with van der Waals surface area (Å²) in [5.41, 5.74) is 3.62. The molecule has 0 aromatic heterocycles. The van der Waals surface area contributed by atoms with Gasteiger partial charge in [0.2, 0.25) is 15.9 Å². The number of anilines is 1. The summed E-state index contributed by atoms with van der Waals surface area (Å²) in [6.45, 7) is 3.70. The number of aryl methyl sites for hydroxylation is 1. The molecule has 1 amide bonds. The maximum absolute atomic E-state index is 13.5. The van der Waals surface area contributed by atoms with Gasteiger partial charge in [-0.1, -0.05) is 36.4 Å². The molecular formula is C24H24N2O4S. The number of hydrogen-bond donors (Lipinski definition) is 1. The lowest BCUT2D eigenvalue weighted by Gasteiger charge is -2.27. The molecule has 0 saturated heterocycles. The number of sulfonamides is 1. The average Bonchev–Trinajstić information content (AvgIpc) is 2.74. The van der Waals surface area contributed by atoms with Crippen LogP contribution in [0, 0.1) is 13.8 Å². The van der Waals surface area contributed by atoms with Crippen LogP contribution in [-0.2, 0) is 14.8 Å². The fourth-order valence-corrected chi connectivity index (χ4v) is 4.73. The summed E-state index contributed by atoms with van der Waals surface area (Å²) in [5, 5.41) is 2.98. The molecule has 0 unspecified atom stereocenters. The first-order valence-corrected chi connectivity index (χ1v) is 11.3. The molecule has 0 bridgehead atoms. The molecule has 0 radical (unpaired) electrons. The number of para-hydroxylation sites is 2. The highest BCUT2D eigenvalue weighted by atomic mass is 32.2. The summed E-state index contributed by atoms with van der Waals surface area (Å²) in [4.78, 5) is 13.7. The summed E-state index contributed by atoms with van der Waals surface area (Å²) < 4.78 is 32.5. The SMILES string of the molecule is Cc1cc(S(=O)(=O)N(C)C)cc(NC(=O)C2c3ccccc3Oc3ccccc32)c1C. The predicted molar refractivity (Wildman–Crippen MR) is 120 cm³/mol. The lowest BCUT2D eigenvalue weighted by Crippen LogP contribution is -2.26. The van der Waals surface area contributed by atoms with Crippen molar-refractivity contribution in [3.63, 3.8) is 0 Å². The van der Waals surface area contributed by atoms with Crippen LogP contribution in [0.25, 0.3) is 0 Å². The third-order valence-corrected chi connectivity index (χ3v) is 7.41. The van der Waals surface area contributed by atoms with Crippen molar-refractivity contribution in [1.29, 1.82) is 0 Å². The van der Waals surface area contributed by atoms with E-state index in [-0.39, 0.29) is 10.8 Å². The number of nitrogens with zero attached hydrogens (tertiary/aromatic N) is 1. The second kappa shape index (κ2) is 7.83. The number of hydrogen-bond acceptors (Lipinski definition) is 4. The maximum atomic E-state index is 13.5. The van der Waals surface area contributed by atoms with E-state index in [1.165, 1.54) is 20.2 Å². The molecule has 6 nitrogen and oxygen atoms in total. The molecule has 31 heavy (non-hydrogen) atoms. The van der Waals surface area contributed by atoms with Crippen LogP contribution in [0.3, 0.4) is 0 Å². The minimum atomic E-state index is -3.63. The van der Waals surface area contributed by atoms with Crippen molar-refractivity contribution in [2.75, 3.05) is 19.4 Å². The molecule has 0 fully saturated rings. The van der Waals surface area contributed by atoms with Gasteiger partial charge in [0.1, 0.15) is 11.5 Å². The van der Waals surface area contributed by atoms with Gasteiger partial charge in [0.05, 0.1) is 10.8 Å². The third-order valence-electron chi connectivity index (χ3n) is 5.62. The number of carbonyl (C=O) groups is 1. The zero-order valence-corrected chi connectivity index (χ0v) is 18.7. The Balaban J connectivity index is 1.77. The number of benzene rings is 3. The van der Waals surface area contributed by atoms with E-state index < -0.39 is 15.9 Å². The standard InChI is InChI=1S/C24H24N2O4S/c1-15-13-17(31(28,29)26(3)4)14-20(16(15)2)25-24(27)23-18-9-5-7-11-21(18)30-22-12-8-6-10-19(22)23/h5-14,23H,1-4H3,(H,25,27). The molecule has 7 heteroatoms. The molecule has 3 aromatic carbocycles. The number of fused-ring (bicyclic) bond motifs is 2. The second-order valence-electron chi connectivity index (χ2n) is 7.80. The van der Waals surface area contributed by atoms with E-state index in [2.05, 4.69) is 5.32 Å². The largest absolute Gasteiger partial charge is 0.457 e. The minimum Gasteiger partial charge on any atom is -0.457 e. The Morgan fingerprint density at radius 1 is 0.935 bits per heavy atom. The molecule has 1 aliphatic heterocycles. The fourth-order valence-electron chi connectivity index (χ4n) is 3.71. The summed E-state index contributed by atoms with van der Waals surface area (Å²) in [6.07, 6.45) is 0. The van der Waals surface area contributed by atoms with Crippen molar-refractivity contribution in [3.8, 4) is 11.5 Å². The van der Waals surface area contributed by atoms with Gasteiger partial charge >= 0.3 is 0 Å². The first-order chi connectivity index (χ1) is 14.7. The molecule has 160 valence electrons. The highest BCUT2D eigenvalue weighted by molar-refractivity contribution is 7.89. The maximum Gasteiger partial charge on any atom is 0.242 e. The van der Waals surface area contributed by atoms with Crippen molar-refractivity contribution in [3.05, 3.63) is 82.9 Å². The van der Waals surface area contributed by atoms with Gasteiger partial charge in [0.15, 0.2) is 0 Å². The quantitative estimate of drug-likeness (QED) is 0.657. The predicted octanol–water partition coefficient (Wildman–Crippen LogP) is 4.43. The van der Waals surface area contributed by atoms with Crippen LogP contribution in [0.2, 0.25) is 0 Å². The zero-order valence-electron chi connectivity index (χ0n) is 17.8. The lowest BCUT2D eigenvalue weighted by atomic mass is 9.87. The van der Waals surface area contributed by atoms with Crippen LogP contribution in [0.1, 0.15) is 28.2 Å². The van der Waals surface area contributed by atoms with Crippen LogP contribution < -0.4 is 10.1 Å². The number of carbonyl (C=O) groups excluding carboxylic acids is 1. The van der Waals surface area contributed by atoms with E-state index in [9.17, 15) is 13.2 Å². The van der Waals surface area contributed by atoms with E-state index in [0.29, 0.717) is 17.2 Å². The molecule has 0 aliphatic carbocycles. The molecule has 4 rings (SSSR count). The van der Waals surface area contributed by atoms with Crippen molar-refractivity contribution < 1.29 is 17.9 Å². The van der Waals surface area contributed by atoms with Crippen molar-refractivity contribution in [1.82, 2.24) is 4.31 Å². The number of rotatable bonds is 4. The van der Waals surface area contributed by atoms with Crippen molar-refractivity contribution >= 4 is 21.6 Å². The van der Waals surface area contributed by atoms with Crippen molar-refractivity contribution in [2.45, 2.75) is 24.7 Å². The summed E-state index contributed by atoms with van der Waals surface area (Å²) in [6, 6.07) is 18.0. The first kappa shape index (κ1) is 21.1. The highest BCUT2D eigenvalue weighted by Gasteiger charge is 2.33. The smallest absolute Gasteiger partial charge is 0.242 e. The Bertz CT molecular complexity index is 1240. The Kier molecular flexibility index (Phi) is 5.33. The summed E-state index contributed by atoms with van der Waals surface area (Å²) in [7, 11) is -0.665. The average molecular weight is 437 g/mol. The van der Waals surface area contributed by atoms with Crippen LogP contribution >= 0.6 is 0 Å². The van der Waals surface area contributed by atoms with E-state index in [4.69, 9.17) is 4.74 Å². The molecule has 1 aliphatic rings. The molecule has 1 N–H and O–H groups in total.